The van der Waals surface area contributed by atoms with Crippen LogP contribution in [0.4, 0.5) is 0 Å². The number of nitrogens with one attached hydrogen (secondary N) is 1. The molecule has 1 aliphatic rings. The number of rotatable bonds is 1. The summed E-state index contributed by atoms with van der Waals surface area (Å²) in [7, 11) is -0.463. The SMILES string of the molecule is CC(=N)B1OC(C)(C)C(C)(C)O1. The first-order chi connectivity index (χ1) is 5.26. The van der Waals surface area contributed by atoms with E-state index in [1.165, 1.54) is 0 Å². The lowest BCUT2D eigenvalue weighted by Crippen LogP contribution is -2.41. The molecule has 0 aromatic heterocycles. The minimum Gasteiger partial charge on any atom is -0.399 e. The Balaban J connectivity index is 2.81. The molecule has 1 fully saturated rings. The molecule has 1 heterocycles. The van der Waals surface area contributed by atoms with Crippen molar-refractivity contribution in [2.75, 3.05) is 0 Å². The van der Waals surface area contributed by atoms with Crippen LogP contribution in [0.2, 0.25) is 0 Å². The zero-order chi connectivity index (χ0) is 9.57. The lowest BCUT2D eigenvalue weighted by molar-refractivity contribution is 0.00578. The van der Waals surface area contributed by atoms with Gasteiger partial charge in [0.15, 0.2) is 0 Å². The van der Waals surface area contributed by atoms with Crippen LogP contribution in [0, 0.1) is 5.41 Å². The summed E-state index contributed by atoms with van der Waals surface area (Å²) in [5, 5.41) is 7.39. The van der Waals surface area contributed by atoms with Gasteiger partial charge in [-0.2, -0.15) is 0 Å². The fraction of sp³-hybridized carbons (Fsp3) is 0.875. The van der Waals surface area contributed by atoms with E-state index in [4.69, 9.17) is 14.7 Å². The smallest absolute Gasteiger partial charge is 0.399 e. The van der Waals surface area contributed by atoms with Crippen LogP contribution >= 0.6 is 0 Å². The molecule has 0 saturated carbocycles. The summed E-state index contributed by atoms with van der Waals surface area (Å²) >= 11 is 0. The Labute approximate surface area is 74.1 Å². The first-order valence-electron chi connectivity index (χ1n) is 4.17. The molecule has 1 saturated heterocycles. The third-order valence-electron chi connectivity index (χ3n) is 2.61. The topological polar surface area (TPSA) is 42.3 Å². The summed E-state index contributed by atoms with van der Waals surface area (Å²) in [6, 6.07) is 0. The van der Waals surface area contributed by atoms with E-state index in [2.05, 4.69) is 0 Å². The van der Waals surface area contributed by atoms with Crippen LogP contribution in [-0.2, 0) is 9.31 Å². The van der Waals surface area contributed by atoms with Crippen molar-refractivity contribution in [1.82, 2.24) is 0 Å². The first kappa shape index (κ1) is 9.74. The molecule has 0 amide bonds. The maximum atomic E-state index is 7.39. The van der Waals surface area contributed by atoms with Gasteiger partial charge in [0.2, 0.25) is 0 Å². The average molecular weight is 169 g/mol. The van der Waals surface area contributed by atoms with Gasteiger partial charge in [0.1, 0.15) is 0 Å². The van der Waals surface area contributed by atoms with Gasteiger partial charge in [-0.3, -0.25) is 0 Å². The highest BCUT2D eigenvalue weighted by atomic mass is 16.7. The van der Waals surface area contributed by atoms with Crippen LogP contribution in [0.3, 0.4) is 0 Å². The van der Waals surface area contributed by atoms with E-state index in [0.717, 1.165) is 0 Å². The molecule has 4 heteroatoms. The minimum absolute atomic E-state index is 0.319. The Morgan fingerprint density at radius 3 is 1.58 bits per heavy atom. The van der Waals surface area contributed by atoms with E-state index >= 15 is 0 Å². The largest absolute Gasteiger partial charge is 0.509 e. The Kier molecular flexibility index (Phi) is 2.09. The second kappa shape index (κ2) is 2.57. The van der Waals surface area contributed by atoms with E-state index in [-0.39, 0.29) is 11.2 Å². The van der Waals surface area contributed by atoms with Crippen LogP contribution in [0.25, 0.3) is 0 Å². The normalized spacial score (nSPS) is 25.9. The van der Waals surface area contributed by atoms with Gasteiger partial charge in [-0.05, 0) is 34.6 Å². The molecule has 0 radical (unpaired) electrons. The van der Waals surface area contributed by atoms with Gasteiger partial charge in [0.05, 0.1) is 11.2 Å². The molecule has 0 atom stereocenters. The predicted molar refractivity (Wildman–Crippen MR) is 49.5 cm³/mol. The van der Waals surface area contributed by atoms with E-state index in [1.807, 2.05) is 27.7 Å². The van der Waals surface area contributed by atoms with Crippen LogP contribution in [-0.4, -0.2) is 23.9 Å². The molecule has 12 heavy (non-hydrogen) atoms. The maximum absolute atomic E-state index is 7.39. The van der Waals surface area contributed by atoms with Crippen molar-refractivity contribution in [2.24, 2.45) is 0 Å². The highest BCUT2D eigenvalue weighted by Gasteiger charge is 2.51. The molecule has 1 aliphatic heterocycles. The van der Waals surface area contributed by atoms with Gasteiger partial charge in [0, 0.05) is 5.61 Å². The first-order valence-corrected chi connectivity index (χ1v) is 4.17. The van der Waals surface area contributed by atoms with Crippen molar-refractivity contribution in [1.29, 1.82) is 5.41 Å². The molecule has 0 aromatic carbocycles. The quantitative estimate of drug-likeness (QED) is 0.479. The Hall–Kier alpha value is -0.345. The van der Waals surface area contributed by atoms with Gasteiger partial charge in [-0.15, -0.1) is 0 Å². The highest BCUT2D eigenvalue weighted by Crippen LogP contribution is 2.36. The lowest BCUT2D eigenvalue weighted by Gasteiger charge is -2.32. The molecule has 0 aromatic rings. The molecular formula is C8H16BNO2. The van der Waals surface area contributed by atoms with Crippen LogP contribution in [0.1, 0.15) is 34.6 Å². The summed E-state index contributed by atoms with van der Waals surface area (Å²) in [5.41, 5.74) is -0.214. The van der Waals surface area contributed by atoms with Crippen molar-refractivity contribution in [3.8, 4) is 0 Å². The molecule has 1 rings (SSSR count). The zero-order valence-corrected chi connectivity index (χ0v) is 8.39. The van der Waals surface area contributed by atoms with Gasteiger partial charge >= 0.3 is 7.12 Å². The molecule has 0 bridgehead atoms. The number of hydrogen-bond acceptors (Lipinski definition) is 3. The molecule has 0 unspecified atom stereocenters. The molecule has 68 valence electrons. The summed E-state index contributed by atoms with van der Waals surface area (Å²) < 4.78 is 11.2. The Morgan fingerprint density at radius 2 is 1.42 bits per heavy atom. The van der Waals surface area contributed by atoms with Gasteiger partial charge < -0.3 is 14.7 Å². The van der Waals surface area contributed by atoms with E-state index in [0.29, 0.717) is 5.61 Å². The minimum atomic E-state index is -0.463. The molecule has 1 N–H and O–H groups in total. The van der Waals surface area contributed by atoms with E-state index in [9.17, 15) is 0 Å². The lowest BCUT2D eigenvalue weighted by atomic mass is 9.84. The fourth-order valence-corrected chi connectivity index (χ4v) is 1.02. The number of hydrogen-bond donors (Lipinski definition) is 1. The van der Waals surface area contributed by atoms with Gasteiger partial charge in [-0.1, -0.05) is 0 Å². The van der Waals surface area contributed by atoms with Crippen molar-refractivity contribution >= 4 is 12.7 Å². The van der Waals surface area contributed by atoms with Gasteiger partial charge in [0.25, 0.3) is 0 Å². The van der Waals surface area contributed by atoms with Crippen LogP contribution in [0.15, 0.2) is 0 Å². The van der Waals surface area contributed by atoms with Crippen molar-refractivity contribution in [3.05, 3.63) is 0 Å². The van der Waals surface area contributed by atoms with Gasteiger partial charge in [-0.25, -0.2) is 0 Å². The highest BCUT2D eigenvalue weighted by molar-refractivity contribution is 6.81. The standard InChI is InChI=1S/C8H16BNO2/c1-6(10)9-11-7(2,3)8(4,5)12-9/h10H,1-5H3. The second-order valence-electron chi connectivity index (χ2n) is 4.27. The summed E-state index contributed by atoms with van der Waals surface area (Å²) in [4.78, 5) is 0. The van der Waals surface area contributed by atoms with Crippen molar-refractivity contribution in [2.45, 2.75) is 45.8 Å². The monoisotopic (exact) mass is 169 g/mol. The predicted octanol–water partition coefficient (Wildman–Crippen LogP) is 1.66. The third kappa shape index (κ3) is 1.41. The summed E-state index contributed by atoms with van der Waals surface area (Å²) in [5.74, 6) is 0. The zero-order valence-electron chi connectivity index (χ0n) is 8.39. The van der Waals surface area contributed by atoms with Crippen LogP contribution < -0.4 is 0 Å². The second-order valence-corrected chi connectivity index (χ2v) is 4.27. The third-order valence-corrected chi connectivity index (χ3v) is 2.61. The fourth-order valence-electron chi connectivity index (χ4n) is 1.02. The molecule has 0 aliphatic carbocycles. The molecule has 3 nitrogen and oxygen atoms in total. The average Bonchev–Trinajstić information content (AvgIpc) is 2.03. The Bertz CT molecular complexity index is 197. The summed E-state index contributed by atoms with van der Waals surface area (Å²) in [6.45, 7) is 9.62. The van der Waals surface area contributed by atoms with Crippen molar-refractivity contribution in [3.63, 3.8) is 0 Å². The van der Waals surface area contributed by atoms with E-state index < -0.39 is 7.12 Å². The molecular weight excluding hydrogens is 153 g/mol. The molecule has 0 spiro atoms. The van der Waals surface area contributed by atoms with Crippen LogP contribution in [0.5, 0.6) is 0 Å². The van der Waals surface area contributed by atoms with E-state index in [1.54, 1.807) is 6.92 Å². The maximum Gasteiger partial charge on any atom is 0.509 e. The summed E-state index contributed by atoms with van der Waals surface area (Å²) in [6.07, 6.45) is 0. The van der Waals surface area contributed by atoms with Crippen molar-refractivity contribution < 1.29 is 9.31 Å². The Morgan fingerprint density at radius 1 is 1.08 bits per heavy atom.